The molecule has 0 bridgehead atoms. The number of hydrogen-bond donors (Lipinski definition) is 1. The van der Waals surface area contributed by atoms with Crippen LogP contribution in [0.15, 0.2) is 54.7 Å². The van der Waals surface area contributed by atoms with Crippen LogP contribution in [0.25, 0.3) is 10.9 Å². The Kier molecular flexibility index (Phi) is 3.57. The topological polar surface area (TPSA) is 33.1 Å². The number of pyridine rings is 1. The molecule has 1 heterocycles. The molecule has 2 aromatic carbocycles. The van der Waals surface area contributed by atoms with Crippen LogP contribution in [0.4, 0.5) is 0 Å². The molecule has 0 atom stereocenters. The molecular weight excluding hydrogens is 270 g/mol. The van der Waals surface area contributed by atoms with Crippen LogP contribution in [0.3, 0.4) is 0 Å². The summed E-state index contributed by atoms with van der Waals surface area (Å²) in [7, 11) is 0. The molecule has 0 aliphatic heterocycles. The number of alkyl halides is 1. The van der Waals surface area contributed by atoms with Crippen molar-refractivity contribution in [2.75, 3.05) is 0 Å². The van der Waals surface area contributed by atoms with Crippen molar-refractivity contribution in [2.24, 2.45) is 0 Å². The van der Waals surface area contributed by atoms with Gasteiger partial charge in [-0.3, -0.25) is 4.98 Å². The summed E-state index contributed by atoms with van der Waals surface area (Å²) in [5.74, 6) is 0.655. The fourth-order valence-electron chi connectivity index (χ4n) is 2.42. The van der Waals surface area contributed by atoms with Gasteiger partial charge in [-0.25, -0.2) is 0 Å². The van der Waals surface area contributed by atoms with Crippen molar-refractivity contribution in [3.05, 3.63) is 71.4 Å². The summed E-state index contributed by atoms with van der Waals surface area (Å²) in [6.07, 6.45) is 2.36. The van der Waals surface area contributed by atoms with E-state index < -0.39 is 0 Å². The first-order valence-corrected chi connectivity index (χ1v) is 7.01. The lowest BCUT2D eigenvalue weighted by Gasteiger charge is -2.11. The zero-order valence-corrected chi connectivity index (χ0v) is 11.6. The second kappa shape index (κ2) is 5.51. The number of aromatic nitrogens is 1. The number of fused-ring (bicyclic) bond motifs is 1. The molecule has 0 unspecified atom stereocenters. The van der Waals surface area contributed by atoms with Crippen molar-refractivity contribution in [1.29, 1.82) is 0 Å². The van der Waals surface area contributed by atoms with Gasteiger partial charge in [-0.15, -0.1) is 11.6 Å². The normalized spacial score (nSPS) is 10.8. The van der Waals surface area contributed by atoms with Crippen LogP contribution in [-0.2, 0) is 12.3 Å². The number of rotatable bonds is 3. The SMILES string of the molecule is Oc1c(Cc2ccccc2)cc(CCl)c2cccnc12. The lowest BCUT2D eigenvalue weighted by molar-refractivity contribution is 0.474. The largest absolute Gasteiger partial charge is 0.505 e. The minimum Gasteiger partial charge on any atom is -0.505 e. The maximum Gasteiger partial charge on any atom is 0.145 e. The van der Waals surface area contributed by atoms with Gasteiger partial charge in [-0.2, -0.15) is 0 Å². The first-order valence-electron chi connectivity index (χ1n) is 6.48. The fraction of sp³-hybridized carbons (Fsp3) is 0.118. The van der Waals surface area contributed by atoms with Gasteiger partial charge in [0.2, 0.25) is 0 Å². The Hall–Kier alpha value is -2.06. The maximum absolute atomic E-state index is 10.4. The third kappa shape index (κ3) is 2.35. The van der Waals surface area contributed by atoms with E-state index in [1.807, 2.05) is 48.5 Å². The van der Waals surface area contributed by atoms with E-state index in [0.29, 0.717) is 17.8 Å². The smallest absolute Gasteiger partial charge is 0.145 e. The highest BCUT2D eigenvalue weighted by Crippen LogP contribution is 2.32. The molecule has 1 N–H and O–H groups in total. The molecule has 0 saturated carbocycles. The van der Waals surface area contributed by atoms with Crippen molar-refractivity contribution in [2.45, 2.75) is 12.3 Å². The number of aromatic hydroxyl groups is 1. The molecule has 2 nitrogen and oxygen atoms in total. The van der Waals surface area contributed by atoms with Gasteiger partial charge in [-0.1, -0.05) is 36.4 Å². The van der Waals surface area contributed by atoms with Crippen LogP contribution in [0.2, 0.25) is 0 Å². The average molecular weight is 284 g/mol. The monoisotopic (exact) mass is 283 g/mol. The zero-order chi connectivity index (χ0) is 13.9. The van der Waals surface area contributed by atoms with Crippen LogP contribution in [0, 0.1) is 0 Å². The van der Waals surface area contributed by atoms with E-state index in [0.717, 1.165) is 22.1 Å². The minimum atomic E-state index is 0.248. The molecular formula is C17H14ClNO. The van der Waals surface area contributed by atoms with Crippen molar-refractivity contribution < 1.29 is 5.11 Å². The standard InChI is InChI=1S/C17H14ClNO/c18-11-14-10-13(9-12-5-2-1-3-6-12)17(20)16-15(14)7-4-8-19-16/h1-8,10,20H,9,11H2. The number of nitrogens with zero attached hydrogens (tertiary/aromatic N) is 1. The molecule has 0 aliphatic rings. The van der Waals surface area contributed by atoms with Gasteiger partial charge in [0.1, 0.15) is 11.3 Å². The summed E-state index contributed by atoms with van der Waals surface area (Å²) < 4.78 is 0. The van der Waals surface area contributed by atoms with Gasteiger partial charge in [0, 0.05) is 29.4 Å². The lowest BCUT2D eigenvalue weighted by atomic mass is 9.98. The Bertz CT molecular complexity index is 741. The fourth-order valence-corrected chi connectivity index (χ4v) is 2.64. The van der Waals surface area contributed by atoms with E-state index >= 15 is 0 Å². The minimum absolute atomic E-state index is 0.248. The number of hydrogen-bond acceptors (Lipinski definition) is 2. The van der Waals surface area contributed by atoms with E-state index in [-0.39, 0.29) is 5.75 Å². The average Bonchev–Trinajstić information content (AvgIpc) is 2.51. The lowest BCUT2D eigenvalue weighted by Crippen LogP contribution is -1.94. The summed E-state index contributed by atoms with van der Waals surface area (Å²) in [6.45, 7) is 0. The highest BCUT2D eigenvalue weighted by Gasteiger charge is 2.12. The molecule has 0 saturated heterocycles. The zero-order valence-electron chi connectivity index (χ0n) is 10.9. The van der Waals surface area contributed by atoms with E-state index in [9.17, 15) is 5.11 Å². The van der Waals surface area contributed by atoms with Crippen LogP contribution in [0.5, 0.6) is 5.75 Å². The first kappa shape index (κ1) is 12.9. The molecule has 1 aromatic heterocycles. The number of phenolic OH excluding ortho intramolecular Hbond substituents is 1. The third-order valence-electron chi connectivity index (χ3n) is 3.41. The van der Waals surface area contributed by atoms with Crippen LogP contribution in [-0.4, -0.2) is 10.1 Å². The van der Waals surface area contributed by atoms with Crippen LogP contribution < -0.4 is 0 Å². The number of benzene rings is 2. The summed E-state index contributed by atoms with van der Waals surface area (Å²) in [5.41, 5.74) is 3.63. The second-order valence-electron chi connectivity index (χ2n) is 4.74. The molecule has 20 heavy (non-hydrogen) atoms. The van der Waals surface area contributed by atoms with E-state index in [1.54, 1.807) is 6.20 Å². The van der Waals surface area contributed by atoms with Crippen molar-refractivity contribution in [3.8, 4) is 5.75 Å². The Morgan fingerprint density at radius 1 is 1.00 bits per heavy atom. The van der Waals surface area contributed by atoms with Crippen molar-refractivity contribution in [1.82, 2.24) is 4.98 Å². The molecule has 3 rings (SSSR count). The van der Waals surface area contributed by atoms with Gasteiger partial charge in [0.05, 0.1) is 0 Å². The molecule has 0 radical (unpaired) electrons. The van der Waals surface area contributed by atoms with Crippen molar-refractivity contribution in [3.63, 3.8) is 0 Å². The molecule has 3 heteroatoms. The van der Waals surface area contributed by atoms with Crippen LogP contribution >= 0.6 is 11.6 Å². The van der Waals surface area contributed by atoms with E-state index in [1.165, 1.54) is 0 Å². The predicted octanol–water partition coefficient (Wildman–Crippen LogP) is 4.27. The Morgan fingerprint density at radius 3 is 2.55 bits per heavy atom. The van der Waals surface area contributed by atoms with Gasteiger partial charge < -0.3 is 5.11 Å². The highest BCUT2D eigenvalue weighted by molar-refractivity contribution is 6.18. The molecule has 0 amide bonds. The molecule has 0 fully saturated rings. The number of phenols is 1. The molecule has 3 aromatic rings. The van der Waals surface area contributed by atoms with Gasteiger partial charge in [0.15, 0.2) is 0 Å². The molecule has 100 valence electrons. The summed E-state index contributed by atoms with van der Waals surface area (Å²) >= 11 is 6.02. The van der Waals surface area contributed by atoms with Crippen LogP contribution in [0.1, 0.15) is 16.7 Å². The van der Waals surface area contributed by atoms with Gasteiger partial charge in [0.25, 0.3) is 0 Å². The summed E-state index contributed by atoms with van der Waals surface area (Å²) in [5, 5.41) is 11.3. The Morgan fingerprint density at radius 2 is 1.80 bits per heavy atom. The quantitative estimate of drug-likeness (QED) is 0.728. The highest BCUT2D eigenvalue weighted by atomic mass is 35.5. The predicted molar refractivity (Wildman–Crippen MR) is 82.2 cm³/mol. The first-order chi connectivity index (χ1) is 9.79. The Labute approximate surface area is 122 Å². The van der Waals surface area contributed by atoms with Crippen molar-refractivity contribution >= 4 is 22.5 Å². The van der Waals surface area contributed by atoms with E-state index in [4.69, 9.17) is 11.6 Å². The molecule has 0 spiro atoms. The molecule has 0 aliphatic carbocycles. The summed E-state index contributed by atoms with van der Waals surface area (Å²) in [4.78, 5) is 4.28. The number of halogens is 1. The van der Waals surface area contributed by atoms with Gasteiger partial charge in [-0.05, 0) is 23.3 Å². The Balaban J connectivity index is 2.14. The maximum atomic E-state index is 10.4. The van der Waals surface area contributed by atoms with E-state index in [2.05, 4.69) is 4.98 Å². The summed E-state index contributed by atoms with van der Waals surface area (Å²) in [6, 6.07) is 15.8. The third-order valence-corrected chi connectivity index (χ3v) is 3.70. The van der Waals surface area contributed by atoms with Gasteiger partial charge >= 0.3 is 0 Å². The second-order valence-corrected chi connectivity index (χ2v) is 5.01.